The summed E-state index contributed by atoms with van der Waals surface area (Å²) in [6.07, 6.45) is 0. The number of benzene rings is 1. The number of ether oxygens (including phenoxy) is 2. The molecule has 0 bridgehead atoms. The minimum absolute atomic E-state index is 0.479. The van der Waals surface area contributed by atoms with Crippen LogP contribution in [-0.4, -0.2) is 23.2 Å². The molecule has 0 aliphatic carbocycles. The van der Waals surface area contributed by atoms with Gasteiger partial charge < -0.3 is 14.5 Å². The molecule has 0 radical (unpaired) electrons. The van der Waals surface area contributed by atoms with Crippen LogP contribution in [0.25, 0.3) is 11.3 Å². The van der Waals surface area contributed by atoms with Gasteiger partial charge in [-0.05, 0) is 57.3 Å². The van der Waals surface area contributed by atoms with E-state index in [0.29, 0.717) is 18.0 Å². The molecule has 0 atom stereocenters. The summed E-state index contributed by atoms with van der Waals surface area (Å²) >= 11 is 5.12. The number of hydrogen-bond acceptors (Lipinski definition) is 4. The third-order valence-corrected chi connectivity index (χ3v) is 2.91. The topological polar surface area (TPSA) is 47.1 Å². The van der Waals surface area contributed by atoms with E-state index in [-0.39, 0.29) is 0 Å². The lowest BCUT2D eigenvalue weighted by atomic mass is 10.1. The lowest BCUT2D eigenvalue weighted by Crippen LogP contribution is -1.99. The van der Waals surface area contributed by atoms with Crippen molar-refractivity contribution >= 4 is 12.2 Å². The number of aromatic amines is 1. The summed E-state index contributed by atoms with van der Waals surface area (Å²) in [5.74, 6) is 1.47. The summed E-state index contributed by atoms with van der Waals surface area (Å²) in [4.78, 5) is 7.34. The highest BCUT2D eigenvalue weighted by Crippen LogP contribution is 2.32. The Hall–Kier alpha value is -1.88. The molecule has 0 saturated carbocycles. The molecular weight excluding hydrogens is 272 g/mol. The molecule has 5 heteroatoms. The van der Waals surface area contributed by atoms with Gasteiger partial charge in [0, 0.05) is 11.3 Å². The molecule has 2 aromatic rings. The second kappa shape index (κ2) is 6.52. The molecule has 0 aliphatic heterocycles. The number of hydrogen-bond donors (Lipinski definition) is 1. The zero-order valence-corrected chi connectivity index (χ0v) is 12.7. The van der Waals surface area contributed by atoms with E-state index in [1.807, 2.05) is 45.0 Å². The van der Waals surface area contributed by atoms with Crippen LogP contribution in [0.4, 0.5) is 0 Å². The van der Waals surface area contributed by atoms with E-state index in [9.17, 15) is 0 Å². The first-order valence-corrected chi connectivity index (χ1v) is 7.02. The maximum Gasteiger partial charge on any atom is 0.197 e. The van der Waals surface area contributed by atoms with E-state index in [2.05, 4.69) is 9.97 Å². The third-order valence-electron chi connectivity index (χ3n) is 2.72. The van der Waals surface area contributed by atoms with Crippen LogP contribution in [0.2, 0.25) is 0 Å². The highest BCUT2D eigenvalue weighted by Gasteiger charge is 2.08. The van der Waals surface area contributed by atoms with Gasteiger partial charge in [0.25, 0.3) is 0 Å². The van der Waals surface area contributed by atoms with Gasteiger partial charge in [-0.2, -0.15) is 0 Å². The van der Waals surface area contributed by atoms with Gasteiger partial charge in [0.1, 0.15) is 0 Å². The van der Waals surface area contributed by atoms with Crippen molar-refractivity contribution in [1.29, 1.82) is 0 Å². The Morgan fingerprint density at radius 1 is 1.10 bits per heavy atom. The van der Waals surface area contributed by atoms with Gasteiger partial charge in [-0.3, -0.25) is 0 Å². The molecule has 0 aliphatic rings. The molecular formula is C15H18N2O2S. The van der Waals surface area contributed by atoms with Crippen molar-refractivity contribution in [3.8, 4) is 22.8 Å². The van der Waals surface area contributed by atoms with Crippen molar-refractivity contribution in [2.75, 3.05) is 13.2 Å². The average molecular weight is 290 g/mol. The first-order valence-electron chi connectivity index (χ1n) is 6.62. The van der Waals surface area contributed by atoms with Gasteiger partial charge in [0.05, 0.1) is 18.9 Å². The predicted octanol–water partition coefficient (Wildman–Crippen LogP) is 3.91. The molecule has 106 valence electrons. The van der Waals surface area contributed by atoms with Crippen molar-refractivity contribution < 1.29 is 9.47 Å². The predicted molar refractivity (Wildman–Crippen MR) is 81.9 cm³/mol. The number of nitrogens with zero attached hydrogens (tertiary/aromatic N) is 1. The van der Waals surface area contributed by atoms with Crippen molar-refractivity contribution in [2.24, 2.45) is 0 Å². The van der Waals surface area contributed by atoms with Crippen LogP contribution >= 0.6 is 12.2 Å². The first kappa shape index (κ1) is 14.5. The van der Waals surface area contributed by atoms with Crippen LogP contribution in [0, 0.1) is 11.7 Å². The molecule has 20 heavy (non-hydrogen) atoms. The van der Waals surface area contributed by atoms with Gasteiger partial charge in [-0.15, -0.1) is 0 Å². The highest BCUT2D eigenvalue weighted by molar-refractivity contribution is 7.71. The summed E-state index contributed by atoms with van der Waals surface area (Å²) in [7, 11) is 0. The maximum atomic E-state index is 5.63. The van der Waals surface area contributed by atoms with E-state index in [1.54, 1.807) is 0 Å². The van der Waals surface area contributed by atoms with Crippen LogP contribution in [-0.2, 0) is 0 Å². The number of aryl methyl sites for hydroxylation is 1. The Kier molecular flexibility index (Phi) is 4.74. The average Bonchev–Trinajstić information content (AvgIpc) is 2.40. The lowest BCUT2D eigenvalue weighted by Gasteiger charge is -2.12. The van der Waals surface area contributed by atoms with Crippen LogP contribution in [0.3, 0.4) is 0 Å². The minimum atomic E-state index is 0.479. The van der Waals surface area contributed by atoms with E-state index in [0.717, 1.165) is 28.5 Å². The quantitative estimate of drug-likeness (QED) is 0.848. The molecule has 1 heterocycles. The zero-order chi connectivity index (χ0) is 14.5. The Labute approximate surface area is 123 Å². The normalized spacial score (nSPS) is 10.3. The van der Waals surface area contributed by atoms with Gasteiger partial charge >= 0.3 is 0 Å². The molecule has 2 rings (SSSR count). The summed E-state index contributed by atoms with van der Waals surface area (Å²) in [6, 6.07) is 7.76. The molecule has 0 fully saturated rings. The Morgan fingerprint density at radius 2 is 1.80 bits per heavy atom. The van der Waals surface area contributed by atoms with Crippen LogP contribution in [0.5, 0.6) is 11.5 Å². The highest BCUT2D eigenvalue weighted by atomic mass is 32.1. The van der Waals surface area contributed by atoms with E-state index in [1.165, 1.54) is 0 Å². The molecule has 0 unspecified atom stereocenters. The molecule has 1 aromatic heterocycles. The number of aromatic nitrogens is 2. The van der Waals surface area contributed by atoms with Gasteiger partial charge in [-0.1, -0.05) is 0 Å². The van der Waals surface area contributed by atoms with Gasteiger partial charge in [0.2, 0.25) is 0 Å². The molecule has 4 nitrogen and oxygen atoms in total. The smallest absolute Gasteiger partial charge is 0.197 e. The molecule has 1 aromatic carbocycles. The second-order valence-electron chi connectivity index (χ2n) is 4.28. The SMILES string of the molecule is CCOc1ccc(-c2cc(C)[nH]c(=S)n2)cc1OCC. The zero-order valence-electron chi connectivity index (χ0n) is 11.9. The van der Waals surface area contributed by atoms with Crippen LogP contribution in [0.1, 0.15) is 19.5 Å². The minimum Gasteiger partial charge on any atom is -0.490 e. The first-order chi connectivity index (χ1) is 9.63. The second-order valence-corrected chi connectivity index (χ2v) is 4.67. The maximum absolute atomic E-state index is 5.63. The van der Waals surface area contributed by atoms with E-state index >= 15 is 0 Å². The fraction of sp³-hybridized carbons (Fsp3) is 0.333. The standard InChI is InChI=1S/C15H18N2O2S/c1-4-18-13-7-6-11(9-14(13)19-5-2)12-8-10(3)16-15(20)17-12/h6-9H,4-5H2,1-3H3,(H,16,17,20). The monoisotopic (exact) mass is 290 g/mol. The molecule has 1 N–H and O–H groups in total. The van der Waals surface area contributed by atoms with Crippen molar-refractivity contribution in [2.45, 2.75) is 20.8 Å². The van der Waals surface area contributed by atoms with Crippen molar-refractivity contribution in [3.63, 3.8) is 0 Å². The van der Waals surface area contributed by atoms with Crippen molar-refractivity contribution in [3.05, 3.63) is 34.7 Å². The summed E-state index contributed by atoms with van der Waals surface area (Å²) < 4.78 is 11.7. The molecule has 0 amide bonds. The van der Waals surface area contributed by atoms with Crippen LogP contribution < -0.4 is 9.47 Å². The Bertz CT molecular complexity index is 653. The third kappa shape index (κ3) is 3.36. The lowest BCUT2D eigenvalue weighted by molar-refractivity contribution is 0.288. The van der Waals surface area contributed by atoms with E-state index < -0.39 is 0 Å². The number of nitrogens with one attached hydrogen (secondary N) is 1. The summed E-state index contributed by atoms with van der Waals surface area (Å²) in [5.41, 5.74) is 2.77. The number of H-pyrrole nitrogens is 1. The van der Waals surface area contributed by atoms with Gasteiger partial charge in [0.15, 0.2) is 16.3 Å². The molecule has 0 saturated heterocycles. The number of rotatable bonds is 5. The summed E-state index contributed by atoms with van der Waals surface area (Å²) in [6.45, 7) is 7.05. The summed E-state index contributed by atoms with van der Waals surface area (Å²) in [5, 5.41) is 0. The van der Waals surface area contributed by atoms with Crippen molar-refractivity contribution in [1.82, 2.24) is 9.97 Å². The van der Waals surface area contributed by atoms with Crippen LogP contribution in [0.15, 0.2) is 24.3 Å². The largest absolute Gasteiger partial charge is 0.490 e. The Balaban J connectivity index is 2.46. The van der Waals surface area contributed by atoms with Gasteiger partial charge in [-0.25, -0.2) is 4.98 Å². The molecule has 0 spiro atoms. The van der Waals surface area contributed by atoms with E-state index in [4.69, 9.17) is 21.7 Å². The fourth-order valence-corrected chi connectivity index (χ4v) is 2.20. The Morgan fingerprint density at radius 3 is 2.45 bits per heavy atom. The fourth-order valence-electron chi connectivity index (χ4n) is 1.94.